The number of nitrogens with two attached hydrogens (primary N) is 1. The maximum Gasteiger partial charge on any atom is 0.0991 e. The van der Waals surface area contributed by atoms with Gasteiger partial charge in [-0.3, -0.25) is 0 Å². The highest BCUT2D eigenvalue weighted by atomic mass is 79.9. The topological polar surface area (TPSA) is 49.8 Å². The summed E-state index contributed by atoms with van der Waals surface area (Å²) in [4.78, 5) is 0. The molecule has 0 spiro atoms. The van der Waals surface area contributed by atoms with Crippen molar-refractivity contribution in [3.63, 3.8) is 0 Å². The quantitative estimate of drug-likeness (QED) is 0.570. The number of nitriles is 1. The summed E-state index contributed by atoms with van der Waals surface area (Å²) in [7, 11) is 0. The van der Waals surface area contributed by atoms with Crippen LogP contribution in [0.4, 0.5) is 5.69 Å². The number of alkyl halides is 1. The van der Waals surface area contributed by atoms with Gasteiger partial charge in [-0.25, -0.2) is 0 Å². The highest BCUT2D eigenvalue weighted by molar-refractivity contribution is 9.08. The Morgan fingerprint density at radius 2 is 2.27 bits per heavy atom. The van der Waals surface area contributed by atoms with E-state index in [2.05, 4.69) is 22.0 Å². The average Bonchev–Trinajstić information content (AvgIpc) is 2.05. The monoisotopic (exact) mass is 210 g/mol. The van der Waals surface area contributed by atoms with E-state index in [0.29, 0.717) is 10.9 Å². The minimum Gasteiger partial charge on any atom is -0.398 e. The fourth-order valence-corrected chi connectivity index (χ4v) is 1.28. The van der Waals surface area contributed by atoms with Gasteiger partial charge in [0.05, 0.1) is 11.6 Å². The smallest absolute Gasteiger partial charge is 0.0991 e. The van der Waals surface area contributed by atoms with Crippen molar-refractivity contribution in [2.75, 3.05) is 5.73 Å². The second kappa shape index (κ2) is 3.40. The number of halogens is 1. The molecule has 0 aliphatic carbocycles. The molecule has 1 aromatic rings. The summed E-state index contributed by atoms with van der Waals surface area (Å²) < 4.78 is 0. The van der Waals surface area contributed by atoms with Gasteiger partial charge in [0, 0.05) is 11.0 Å². The van der Waals surface area contributed by atoms with Gasteiger partial charge in [-0.2, -0.15) is 5.26 Å². The van der Waals surface area contributed by atoms with E-state index in [1.54, 1.807) is 18.2 Å². The molecular weight excluding hydrogens is 204 g/mol. The van der Waals surface area contributed by atoms with Crippen molar-refractivity contribution in [3.8, 4) is 6.07 Å². The minimum atomic E-state index is 0.647. The third kappa shape index (κ3) is 1.72. The van der Waals surface area contributed by atoms with Crippen molar-refractivity contribution >= 4 is 21.6 Å². The number of hydrogen-bond donors (Lipinski definition) is 1. The van der Waals surface area contributed by atoms with Crippen LogP contribution < -0.4 is 5.73 Å². The lowest BCUT2D eigenvalue weighted by Crippen LogP contribution is -1.91. The number of benzene rings is 1. The molecular formula is C8H7BrN2. The van der Waals surface area contributed by atoms with Gasteiger partial charge in [0.15, 0.2) is 0 Å². The Morgan fingerprint density at radius 3 is 2.82 bits per heavy atom. The molecule has 1 aromatic carbocycles. The molecule has 3 heteroatoms. The number of rotatable bonds is 1. The zero-order valence-corrected chi connectivity index (χ0v) is 7.43. The van der Waals surface area contributed by atoms with Gasteiger partial charge in [0.2, 0.25) is 0 Å². The Balaban J connectivity index is 3.15. The van der Waals surface area contributed by atoms with Crippen molar-refractivity contribution in [2.24, 2.45) is 0 Å². The summed E-state index contributed by atoms with van der Waals surface area (Å²) in [6, 6.07) is 7.29. The summed E-state index contributed by atoms with van der Waals surface area (Å²) in [5.74, 6) is 0. The predicted molar refractivity (Wildman–Crippen MR) is 48.2 cm³/mol. The molecule has 0 atom stereocenters. The second-order valence-electron chi connectivity index (χ2n) is 2.16. The molecule has 0 aliphatic heterocycles. The van der Waals surface area contributed by atoms with Crippen molar-refractivity contribution in [1.29, 1.82) is 5.26 Å². The second-order valence-corrected chi connectivity index (χ2v) is 2.72. The van der Waals surface area contributed by atoms with Gasteiger partial charge in [-0.05, 0) is 23.8 Å². The van der Waals surface area contributed by atoms with E-state index < -0.39 is 0 Å². The zero-order valence-electron chi connectivity index (χ0n) is 5.84. The van der Waals surface area contributed by atoms with Crippen LogP contribution in [-0.4, -0.2) is 0 Å². The van der Waals surface area contributed by atoms with Crippen molar-refractivity contribution in [2.45, 2.75) is 5.33 Å². The van der Waals surface area contributed by atoms with E-state index in [9.17, 15) is 0 Å². The molecule has 2 N–H and O–H groups in total. The number of hydrogen-bond acceptors (Lipinski definition) is 2. The third-order valence-electron chi connectivity index (χ3n) is 1.42. The molecule has 0 aliphatic rings. The minimum absolute atomic E-state index is 0.647. The summed E-state index contributed by atoms with van der Waals surface area (Å²) in [5, 5.41) is 9.23. The lowest BCUT2D eigenvalue weighted by Gasteiger charge is -2.00. The molecule has 0 amide bonds. The highest BCUT2D eigenvalue weighted by Gasteiger charge is 1.97. The number of nitrogen functional groups attached to an aromatic ring is 1. The predicted octanol–water partition coefficient (Wildman–Crippen LogP) is 2.04. The summed E-state index contributed by atoms with van der Waals surface area (Å²) in [6.45, 7) is 0. The Morgan fingerprint density at radius 1 is 1.55 bits per heavy atom. The SMILES string of the molecule is N#Cc1ccc(N)c(CBr)c1. The van der Waals surface area contributed by atoms with Crippen LogP contribution in [0.1, 0.15) is 11.1 Å². The molecule has 56 valence electrons. The van der Waals surface area contributed by atoms with E-state index in [-0.39, 0.29) is 0 Å². The summed E-state index contributed by atoms with van der Waals surface area (Å²) in [5.41, 5.74) is 7.95. The van der Waals surface area contributed by atoms with Gasteiger partial charge < -0.3 is 5.73 Å². The molecule has 1 rings (SSSR count). The van der Waals surface area contributed by atoms with Crippen LogP contribution in [-0.2, 0) is 5.33 Å². The highest BCUT2D eigenvalue weighted by Crippen LogP contribution is 2.16. The Hall–Kier alpha value is -1.01. The first-order chi connectivity index (χ1) is 5.27. The first-order valence-corrected chi connectivity index (χ1v) is 4.24. The summed E-state index contributed by atoms with van der Waals surface area (Å²) in [6.07, 6.45) is 0. The van der Waals surface area contributed by atoms with E-state index >= 15 is 0 Å². The zero-order chi connectivity index (χ0) is 8.27. The van der Waals surface area contributed by atoms with Crippen LogP contribution >= 0.6 is 15.9 Å². The maximum atomic E-state index is 8.54. The number of anilines is 1. The molecule has 11 heavy (non-hydrogen) atoms. The van der Waals surface area contributed by atoms with E-state index in [4.69, 9.17) is 11.0 Å². The van der Waals surface area contributed by atoms with Crippen LogP contribution in [0, 0.1) is 11.3 Å². The summed E-state index contributed by atoms with van der Waals surface area (Å²) >= 11 is 3.28. The first kappa shape index (κ1) is 8.09. The first-order valence-electron chi connectivity index (χ1n) is 3.12. The molecule has 2 nitrogen and oxygen atoms in total. The van der Waals surface area contributed by atoms with Gasteiger partial charge >= 0.3 is 0 Å². The Kier molecular flexibility index (Phi) is 2.50. The van der Waals surface area contributed by atoms with E-state index in [0.717, 1.165) is 11.3 Å². The third-order valence-corrected chi connectivity index (χ3v) is 2.02. The average molecular weight is 211 g/mol. The van der Waals surface area contributed by atoms with E-state index in [1.165, 1.54) is 0 Å². The van der Waals surface area contributed by atoms with Crippen molar-refractivity contribution in [1.82, 2.24) is 0 Å². The van der Waals surface area contributed by atoms with Gasteiger partial charge in [-0.1, -0.05) is 15.9 Å². The fraction of sp³-hybridized carbons (Fsp3) is 0.125. The number of nitrogens with zero attached hydrogens (tertiary/aromatic N) is 1. The standard InChI is InChI=1S/C8H7BrN2/c9-4-7-3-6(5-10)1-2-8(7)11/h1-3H,4,11H2. The van der Waals surface area contributed by atoms with Crippen LogP contribution in [0.2, 0.25) is 0 Å². The van der Waals surface area contributed by atoms with Crippen LogP contribution in [0.3, 0.4) is 0 Å². The van der Waals surface area contributed by atoms with Crippen molar-refractivity contribution in [3.05, 3.63) is 29.3 Å². The Labute approximate surface area is 73.8 Å². The molecule has 0 unspecified atom stereocenters. The lowest BCUT2D eigenvalue weighted by molar-refractivity contribution is 1.40. The van der Waals surface area contributed by atoms with Crippen LogP contribution in [0.15, 0.2) is 18.2 Å². The van der Waals surface area contributed by atoms with Gasteiger partial charge in [0.1, 0.15) is 0 Å². The molecule has 0 fully saturated rings. The fourth-order valence-electron chi connectivity index (χ4n) is 0.791. The molecule has 0 heterocycles. The van der Waals surface area contributed by atoms with Crippen molar-refractivity contribution < 1.29 is 0 Å². The van der Waals surface area contributed by atoms with E-state index in [1.807, 2.05) is 0 Å². The van der Waals surface area contributed by atoms with Crippen LogP contribution in [0.5, 0.6) is 0 Å². The molecule has 0 aromatic heterocycles. The molecule has 0 saturated carbocycles. The van der Waals surface area contributed by atoms with Crippen LogP contribution in [0.25, 0.3) is 0 Å². The van der Waals surface area contributed by atoms with Gasteiger partial charge in [-0.15, -0.1) is 0 Å². The Bertz CT molecular complexity index is 301. The maximum absolute atomic E-state index is 8.54. The molecule has 0 bridgehead atoms. The molecule has 0 radical (unpaired) electrons. The largest absolute Gasteiger partial charge is 0.398 e. The van der Waals surface area contributed by atoms with Gasteiger partial charge in [0.25, 0.3) is 0 Å². The molecule has 0 saturated heterocycles. The normalized spacial score (nSPS) is 9.09. The lowest BCUT2D eigenvalue weighted by atomic mass is 10.1.